The molecule has 1 atom stereocenters. The van der Waals surface area contributed by atoms with Gasteiger partial charge in [0.15, 0.2) is 0 Å². The van der Waals surface area contributed by atoms with Crippen molar-refractivity contribution in [2.45, 2.75) is 25.0 Å². The highest BCUT2D eigenvalue weighted by molar-refractivity contribution is 8.00. The van der Waals surface area contributed by atoms with Crippen LogP contribution in [0.5, 0.6) is 0 Å². The Balaban J connectivity index is 2.04. The Morgan fingerprint density at radius 2 is 2.44 bits per heavy atom. The summed E-state index contributed by atoms with van der Waals surface area (Å²) < 4.78 is 1.73. The predicted molar refractivity (Wildman–Crippen MR) is 75.9 cm³/mol. The smallest absolute Gasteiger partial charge is 0.240 e. The van der Waals surface area contributed by atoms with Crippen molar-refractivity contribution in [2.24, 2.45) is 7.05 Å². The number of hydrogen-bond acceptors (Lipinski definition) is 3. The molecule has 0 aromatic carbocycles. The summed E-state index contributed by atoms with van der Waals surface area (Å²) in [7, 11) is 1.87. The van der Waals surface area contributed by atoms with Gasteiger partial charge in [-0.05, 0) is 19.8 Å². The zero-order valence-corrected chi connectivity index (χ0v) is 11.7. The van der Waals surface area contributed by atoms with Gasteiger partial charge in [0.05, 0.1) is 17.1 Å². The van der Waals surface area contributed by atoms with Crippen LogP contribution in [-0.4, -0.2) is 33.2 Å². The van der Waals surface area contributed by atoms with Gasteiger partial charge < -0.3 is 4.90 Å². The number of carbonyl (C=O) groups excluding carboxylic acids is 1. The van der Waals surface area contributed by atoms with Gasteiger partial charge in [-0.1, -0.05) is 12.2 Å². The maximum Gasteiger partial charge on any atom is 0.240 e. The summed E-state index contributed by atoms with van der Waals surface area (Å²) in [5.74, 6) is 1.07. The number of rotatable bonds is 4. The molecule has 0 N–H and O–H groups in total. The quantitative estimate of drug-likeness (QED) is 0.784. The molecule has 1 fully saturated rings. The standard InChI is InChI=1S/C13H19N3OS/c1-10(2)9-18-12-5-4-6-16(13(12)17)11-7-14-15(3)8-11/h7-8,12H,1,4-6,9H2,2-3H3. The molecule has 4 nitrogen and oxygen atoms in total. The van der Waals surface area contributed by atoms with E-state index in [1.807, 2.05) is 25.1 Å². The van der Waals surface area contributed by atoms with E-state index >= 15 is 0 Å². The van der Waals surface area contributed by atoms with E-state index in [2.05, 4.69) is 11.7 Å². The molecule has 0 saturated carbocycles. The Morgan fingerprint density at radius 1 is 1.67 bits per heavy atom. The first-order valence-corrected chi connectivity index (χ1v) is 7.19. The molecule has 0 radical (unpaired) electrons. The van der Waals surface area contributed by atoms with Gasteiger partial charge in [0.25, 0.3) is 0 Å². The highest BCUT2D eigenvalue weighted by Gasteiger charge is 2.30. The van der Waals surface area contributed by atoms with E-state index in [1.54, 1.807) is 22.6 Å². The lowest BCUT2D eigenvalue weighted by Gasteiger charge is -2.31. The summed E-state index contributed by atoms with van der Waals surface area (Å²) in [6.07, 6.45) is 5.66. The van der Waals surface area contributed by atoms with Crippen molar-refractivity contribution in [3.63, 3.8) is 0 Å². The molecule has 1 saturated heterocycles. The van der Waals surface area contributed by atoms with Crippen molar-refractivity contribution < 1.29 is 4.79 Å². The van der Waals surface area contributed by atoms with Crippen LogP contribution in [0.25, 0.3) is 0 Å². The lowest BCUT2D eigenvalue weighted by molar-refractivity contribution is -0.119. The van der Waals surface area contributed by atoms with Crippen molar-refractivity contribution in [1.82, 2.24) is 9.78 Å². The van der Waals surface area contributed by atoms with Crippen LogP contribution in [0.3, 0.4) is 0 Å². The Bertz CT molecular complexity index is 455. The van der Waals surface area contributed by atoms with Crippen LogP contribution in [0.1, 0.15) is 19.8 Å². The average molecular weight is 265 g/mol. The monoisotopic (exact) mass is 265 g/mol. The normalized spacial score (nSPS) is 20.2. The number of thioether (sulfide) groups is 1. The summed E-state index contributed by atoms with van der Waals surface area (Å²) in [6, 6.07) is 0. The van der Waals surface area contributed by atoms with E-state index in [9.17, 15) is 4.79 Å². The number of hydrogen-bond donors (Lipinski definition) is 0. The minimum Gasteiger partial charge on any atom is -0.309 e. The fraction of sp³-hybridized carbons (Fsp3) is 0.538. The fourth-order valence-electron chi connectivity index (χ4n) is 2.04. The fourth-order valence-corrected chi connectivity index (χ4v) is 3.13. The average Bonchev–Trinajstić information content (AvgIpc) is 2.74. The number of nitrogens with zero attached hydrogens (tertiary/aromatic N) is 3. The van der Waals surface area contributed by atoms with E-state index in [0.717, 1.165) is 36.4 Å². The molecule has 0 aliphatic carbocycles. The number of aromatic nitrogens is 2. The molecular formula is C13H19N3OS. The molecule has 1 aliphatic rings. The van der Waals surface area contributed by atoms with Crippen molar-refractivity contribution in [1.29, 1.82) is 0 Å². The van der Waals surface area contributed by atoms with Crippen molar-refractivity contribution in [3.8, 4) is 0 Å². The molecule has 2 rings (SSSR count). The summed E-state index contributed by atoms with van der Waals surface area (Å²) >= 11 is 1.70. The second kappa shape index (κ2) is 5.61. The molecule has 0 spiro atoms. The van der Waals surface area contributed by atoms with Crippen LogP contribution in [0.2, 0.25) is 0 Å². The van der Waals surface area contributed by atoms with E-state index in [1.165, 1.54) is 0 Å². The van der Waals surface area contributed by atoms with Gasteiger partial charge in [0.1, 0.15) is 0 Å². The highest BCUT2D eigenvalue weighted by atomic mass is 32.2. The minimum absolute atomic E-state index is 0.0654. The van der Waals surface area contributed by atoms with Crippen molar-refractivity contribution in [2.75, 3.05) is 17.2 Å². The second-order valence-corrected chi connectivity index (χ2v) is 5.95. The van der Waals surface area contributed by atoms with Gasteiger partial charge in [0, 0.05) is 25.5 Å². The summed E-state index contributed by atoms with van der Waals surface area (Å²) in [4.78, 5) is 14.2. The Hall–Kier alpha value is -1.23. The lowest BCUT2D eigenvalue weighted by Crippen LogP contribution is -2.43. The van der Waals surface area contributed by atoms with Crippen LogP contribution >= 0.6 is 11.8 Å². The molecule has 1 aromatic heterocycles. The Labute approximate surface area is 112 Å². The molecular weight excluding hydrogens is 246 g/mol. The van der Waals surface area contributed by atoms with E-state index in [4.69, 9.17) is 0 Å². The first kappa shape index (κ1) is 13.2. The van der Waals surface area contributed by atoms with Gasteiger partial charge in [-0.2, -0.15) is 5.10 Å². The van der Waals surface area contributed by atoms with Gasteiger partial charge in [-0.25, -0.2) is 0 Å². The largest absolute Gasteiger partial charge is 0.309 e. The zero-order chi connectivity index (χ0) is 13.1. The second-order valence-electron chi connectivity index (χ2n) is 4.76. The summed E-state index contributed by atoms with van der Waals surface area (Å²) in [5.41, 5.74) is 2.02. The third-order valence-corrected chi connectivity index (χ3v) is 4.42. The van der Waals surface area contributed by atoms with Crippen LogP contribution in [-0.2, 0) is 11.8 Å². The van der Waals surface area contributed by atoms with Crippen molar-refractivity contribution >= 4 is 23.4 Å². The molecule has 5 heteroatoms. The van der Waals surface area contributed by atoms with E-state index in [0.29, 0.717) is 0 Å². The molecule has 98 valence electrons. The van der Waals surface area contributed by atoms with Crippen LogP contribution in [0, 0.1) is 0 Å². The highest BCUT2D eigenvalue weighted by Crippen LogP contribution is 2.28. The first-order valence-electron chi connectivity index (χ1n) is 6.14. The summed E-state index contributed by atoms with van der Waals surface area (Å²) in [5, 5.41) is 4.19. The van der Waals surface area contributed by atoms with Crippen LogP contribution < -0.4 is 4.90 Å². The molecule has 1 aliphatic heterocycles. The number of piperidine rings is 1. The number of aryl methyl sites for hydroxylation is 1. The number of carbonyl (C=O) groups is 1. The first-order chi connectivity index (χ1) is 8.58. The summed E-state index contributed by atoms with van der Waals surface area (Å²) in [6.45, 7) is 6.69. The van der Waals surface area contributed by atoms with Gasteiger partial charge in [-0.15, -0.1) is 11.8 Å². The number of amides is 1. The molecule has 18 heavy (non-hydrogen) atoms. The van der Waals surface area contributed by atoms with Crippen LogP contribution in [0.4, 0.5) is 5.69 Å². The molecule has 1 amide bonds. The maximum atomic E-state index is 12.4. The Kier molecular flexibility index (Phi) is 4.11. The van der Waals surface area contributed by atoms with E-state index < -0.39 is 0 Å². The molecule has 2 heterocycles. The molecule has 1 unspecified atom stereocenters. The predicted octanol–water partition coefficient (Wildman–Crippen LogP) is 2.22. The third kappa shape index (κ3) is 2.96. The van der Waals surface area contributed by atoms with E-state index in [-0.39, 0.29) is 11.2 Å². The van der Waals surface area contributed by atoms with Crippen molar-refractivity contribution in [3.05, 3.63) is 24.5 Å². The lowest BCUT2D eigenvalue weighted by atomic mass is 10.1. The third-order valence-electron chi connectivity index (χ3n) is 2.92. The topological polar surface area (TPSA) is 38.1 Å². The van der Waals surface area contributed by atoms with Crippen LogP contribution in [0.15, 0.2) is 24.5 Å². The number of anilines is 1. The van der Waals surface area contributed by atoms with Gasteiger partial charge in [-0.3, -0.25) is 9.48 Å². The SMILES string of the molecule is C=C(C)CSC1CCCN(c2cnn(C)c2)C1=O. The van der Waals surface area contributed by atoms with Gasteiger partial charge >= 0.3 is 0 Å². The molecule has 0 bridgehead atoms. The minimum atomic E-state index is 0.0654. The van der Waals surface area contributed by atoms with Gasteiger partial charge in [0.2, 0.25) is 5.91 Å². The zero-order valence-electron chi connectivity index (χ0n) is 10.9. The maximum absolute atomic E-state index is 12.4. The Morgan fingerprint density at radius 3 is 3.06 bits per heavy atom. The molecule has 1 aromatic rings.